The second kappa shape index (κ2) is 37.8. The number of hydrogen-bond acceptors (Lipinski definition) is 5. The van der Waals surface area contributed by atoms with Crippen LogP contribution in [0.4, 0.5) is 0 Å². The fourth-order valence-electron chi connectivity index (χ4n) is 5.65. The van der Waals surface area contributed by atoms with Crippen LogP contribution >= 0.6 is 0 Å². The predicted molar refractivity (Wildman–Crippen MR) is 196 cm³/mol. The van der Waals surface area contributed by atoms with Gasteiger partial charge in [0.25, 0.3) is 0 Å². The SMILES string of the molecule is CCCC/C=C/CCCCCCCC(=O)OC[C@H](CO)OC(=O)CCCCCCCCCCCCC/C=C/CCCCCCCC. The van der Waals surface area contributed by atoms with Crippen LogP contribution in [0.25, 0.3) is 0 Å². The summed E-state index contributed by atoms with van der Waals surface area (Å²) in [6.07, 6.45) is 43.9. The standard InChI is InChI=1S/C41H76O5/c1-3-5-7-9-11-13-15-16-17-18-19-20-21-22-23-24-26-28-30-32-34-36-41(44)46-39(37-42)38-45-40(43)35-33-31-29-27-25-14-12-10-8-6-4-2/h10,12,16-17,39,42H,3-9,11,13-15,18-38H2,1-2H3/b12-10+,17-16+/t39-/m0/s1. The van der Waals surface area contributed by atoms with Crippen LogP contribution in [-0.2, 0) is 19.1 Å². The Hall–Kier alpha value is -1.62. The normalized spacial score (nSPS) is 12.3. The molecule has 0 saturated heterocycles. The Kier molecular flexibility index (Phi) is 36.5. The smallest absolute Gasteiger partial charge is 0.306 e. The number of hydrogen-bond donors (Lipinski definition) is 1. The second-order valence-electron chi connectivity index (χ2n) is 13.4. The molecule has 0 aliphatic rings. The molecule has 0 amide bonds. The maximum atomic E-state index is 12.2. The third-order valence-corrected chi connectivity index (χ3v) is 8.72. The fourth-order valence-corrected chi connectivity index (χ4v) is 5.65. The summed E-state index contributed by atoms with van der Waals surface area (Å²) < 4.78 is 10.6. The quantitative estimate of drug-likeness (QED) is 0.0416. The van der Waals surface area contributed by atoms with Gasteiger partial charge in [0.2, 0.25) is 0 Å². The van der Waals surface area contributed by atoms with Crippen LogP contribution < -0.4 is 0 Å². The first-order valence-electron chi connectivity index (χ1n) is 19.9. The summed E-state index contributed by atoms with van der Waals surface area (Å²) in [5.74, 6) is -0.598. The van der Waals surface area contributed by atoms with Gasteiger partial charge < -0.3 is 14.6 Å². The summed E-state index contributed by atoms with van der Waals surface area (Å²) in [6, 6.07) is 0. The van der Waals surface area contributed by atoms with Gasteiger partial charge in [-0.1, -0.05) is 160 Å². The molecule has 46 heavy (non-hydrogen) atoms. The van der Waals surface area contributed by atoms with E-state index in [1.54, 1.807) is 0 Å². The Balaban J connectivity index is 3.50. The van der Waals surface area contributed by atoms with Gasteiger partial charge in [-0.15, -0.1) is 0 Å². The number of ether oxygens (including phenoxy) is 2. The van der Waals surface area contributed by atoms with Crippen molar-refractivity contribution in [1.29, 1.82) is 0 Å². The maximum Gasteiger partial charge on any atom is 0.306 e. The van der Waals surface area contributed by atoms with Crippen molar-refractivity contribution >= 4 is 11.9 Å². The van der Waals surface area contributed by atoms with Gasteiger partial charge in [-0.3, -0.25) is 9.59 Å². The molecule has 0 spiro atoms. The first-order valence-corrected chi connectivity index (χ1v) is 19.9. The lowest BCUT2D eigenvalue weighted by atomic mass is 10.0. The summed E-state index contributed by atoms with van der Waals surface area (Å²) in [5, 5.41) is 9.54. The van der Waals surface area contributed by atoms with E-state index in [0.717, 1.165) is 44.9 Å². The lowest BCUT2D eigenvalue weighted by Crippen LogP contribution is -2.28. The molecule has 0 unspecified atom stereocenters. The maximum absolute atomic E-state index is 12.2. The van der Waals surface area contributed by atoms with Crippen molar-refractivity contribution in [2.45, 2.75) is 213 Å². The highest BCUT2D eigenvalue weighted by atomic mass is 16.6. The predicted octanol–water partition coefficient (Wildman–Crippen LogP) is 12.3. The van der Waals surface area contributed by atoms with E-state index in [-0.39, 0.29) is 25.2 Å². The van der Waals surface area contributed by atoms with Crippen molar-refractivity contribution in [2.24, 2.45) is 0 Å². The molecule has 1 atom stereocenters. The molecule has 0 saturated carbocycles. The fraction of sp³-hybridized carbons (Fsp3) is 0.854. The number of allylic oxidation sites excluding steroid dienone is 4. The number of aliphatic hydroxyl groups excluding tert-OH is 1. The first-order chi connectivity index (χ1) is 22.6. The van der Waals surface area contributed by atoms with Crippen LogP contribution in [0, 0.1) is 0 Å². The highest BCUT2D eigenvalue weighted by molar-refractivity contribution is 5.70. The Morgan fingerprint density at radius 2 is 0.826 bits per heavy atom. The van der Waals surface area contributed by atoms with Gasteiger partial charge in [0.15, 0.2) is 6.10 Å². The zero-order valence-corrected chi connectivity index (χ0v) is 30.6. The molecule has 1 N–H and O–H groups in total. The Bertz CT molecular complexity index is 701. The highest BCUT2D eigenvalue weighted by Gasteiger charge is 2.16. The zero-order chi connectivity index (χ0) is 33.6. The van der Waals surface area contributed by atoms with E-state index in [2.05, 4.69) is 38.2 Å². The van der Waals surface area contributed by atoms with Crippen molar-refractivity contribution in [1.82, 2.24) is 0 Å². The minimum atomic E-state index is -0.770. The summed E-state index contributed by atoms with van der Waals surface area (Å²) in [4.78, 5) is 24.2. The van der Waals surface area contributed by atoms with Crippen molar-refractivity contribution in [3.63, 3.8) is 0 Å². The lowest BCUT2D eigenvalue weighted by molar-refractivity contribution is -0.161. The molecule has 0 aliphatic carbocycles. The average molecular weight is 649 g/mol. The zero-order valence-electron chi connectivity index (χ0n) is 30.6. The topological polar surface area (TPSA) is 72.8 Å². The summed E-state index contributed by atoms with van der Waals surface area (Å²) in [7, 11) is 0. The molecule has 5 heteroatoms. The minimum Gasteiger partial charge on any atom is -0.462 e. The van der Waals surface area contributed by atoms with E-state index in [1.807, 2.05) is 0 Å². The van der Waals surface area contributed by atoms with E-state index < -0.39 is 6.10 Å². The van der Waals surface area contributed by atoms with Gasteiger partial charge in [-0.2, -0.15) is 0 Å². The van der Waals surface area contributed by atoms with Crippen LogP contribution in [0.1, 0.15) is 206 Å². The highest BCUT2D eigenvalue weighted by Crippen LogP contribution is 2.14. The molecule has 0 rings (SSSR count). The molecule has 0 aliphatic heterocycles. The molecule has 0 fully saturated rings. The minimum absolute atomic E-state index is 0.0677. The van der Waals surface area contributed by atoms with Crippen molar-refractivity contribution in [2.75, 3.05) is 13.2 Å². The van der Waals surface area contributed by atoms with E-state index in [1.165, 1.54) is 135 Å². The van der Waals surface area contributed by atoms with E-state index >= 15 is 0 Å². The number of aliphatic hydroxyl groups is 1. The van der Waals surface area contributed by atoms with Crippen LogP contribution in [0.15, 0.2) is 24.3 Å². The van der Waals surface area contributed by atoms with Crippen LogP contribution in [0.3, 0.4) is 0 Å². The van der Waals surface area contributed by atoms with Crippen molar-refractivity contribution in [3.8, 4) is 0 Å². The van der Waals surface area contributed by atoms with E-state index in [0.29, 0.717) is 12.8 Å². The number of carbonyl (C=O) groups excluding carboxylic acids is 2. The third-order valence-electron chi connectivity index (χ3n) is 8.72. The van der Waals surface area contributed by atoms with Gasteiger partial charge in [-0.25, -0.2) is 0 Å². The van der Waals surface area contributed by atoms with Gasteiger partial charge in [-0.05, 0) is 57.8 Å². The van der Waals surface area contributed by atoms with Crippen LogP contribution in [-0.4, -0.2) is 36.4 Å². The molecule has 270 valence electrons. The Labute approximate surface area is 285 Å². The number of rotatable bonds is 36. The molecule has 0 radical (unpaired) electrons. The van der Waals surface area contributed by atoms with Crippen LogP contribution in [0.2, 0.25) is 0 Å². The lowest BCUT2D eigenvalue weighted by Gasteiger charge is -2.15. The number of esters is 2. The molecule has 0 aromatic heterocycles. The summed E-state index contributed by atoms with van der Waals surface area (Å²) in [5.41, 5.74) is 0. The molecule has 0 aromatic carbocycles. The summed E-state index contributed by atoms with van der Waals surface area (Å²) >= 11 is 0. The van der Waals surface area contributed by atoms with Gasteiger partial charge >= 0.3 is 11.9 Å². The molecular formula is C41H76O5. The average Bonchev–Trinajstić information content (AvgIpc) is 3.06. The first kappa shape index (κ1) is 44.4. The molecule has 0 bridgehead atoms. The molecule has 0 aromatic rings. The summed E-state index contributed by atoms with van der Waals surface area (Å²) in [6.45, 7) is 4.09. The number of carbonyl (C=O) groups is 2. The Morgan fingerprint density at radius 3 is 1.24 bits per heavy atom. The van der Waals surface area contributed by atoms with Gasteiger partial charge in [0, 0.05) is 12.8 Å². The van der Waals surface area contributed by atoms with Crippen molar-refractivity contribution in [3.05, 3.63) is 24.3 Å². The molecular weight excluding hydrogens is 572 g/mol. The number of unbranched alkanes of at least 4 members (excludes halogenated alkanes) is 24. The molecule has 5 nitrogen and oxygen atoms in total. The van der Waals surface area contributed by atoms with Gasteiger partial charge in [0.1, 0.15) is 6.61 Å². The van der Waals surface area contributed by atoms with E-state index in [4.69, 9.17) is 9.47 Å². The third kappa shape index (κ3) is 35.2. The van der Waals surface area contributed by atoms with Crippen LogP contribution in [0.5, 0.6) is 0 Å². The molecule has 0 heterocycles. The van der Waals surface area contributed by atoms with Gasteiger partial charge in [0.05, 0.1) is 6.61 Å². The second-order valence-corrected chi connectivity index (χ2v) is 13.4. The van der Waals surface area contributed by atoms with E-state index in [9.17, 15) is 14.7 Å². The Morgan fingerprint density at radius 1 is 0.478 bits per heavy atom. The monoisotopic (exact) mass is 649 g/mol. The largest absolute Gasteiger partial charge is 0.462 e. The van der Waals surface area contributed by atoms with Crippen molar-refractivity contribution < 1.29 is 24.2 Å².